The highest BCUT2D eigenvalue weighted by atomic mass is 19.1. The van der Waals surface area contributed by atoms with Crippen molar-refractivity contribution < 1.29 is 9.18 Å². The first-order valence-electron chi connectivity index (χ1n) is 7.47. The average Bonchev–Trinajstić information content (AvgIpc) is 3.02. The summed E-state index contributed by atoms with van der Waals surface area (Å²) in [4.78, 5) is 20.7. The van der Waals surface area contributed by atoms with Gasteiger partial charge in [0.15, 0.2) is 0 Å². The van der Waals surface area contributed by atoms with Gasteiger partial charge in [0.25, 0.3) is 0 Å². The SMILES string of the molecule is CC1CN(C(=O)C2CC=CC2)CCN1c1ccc(F)cn1. The first kappa shape index (κ1) is 14.0. The van der Waals surface area contributed by atoms with Gasteiger partial charge in [-0.1, -0.05) is 12.2 Å². The van der Waals surface area contributed by atoms with Gasteiger partial charge in [-0.3, -0.25) is 4.79 Å². The topological polar surface area (TPSA) is 36.4 Å². The van der Waals surface area contributed by atoms with Crippen LogP contribution in [0.15, 0.2) is 30.5 Å². The lowest BCUT2D eigenvalue weighted by Crippen LogP contribution is -2.55. The number of nitrogens with zero attached hydrogens (tertiary/aromatic N) is 3. The molecule has 0 saturated carbocycles. The number of pyridine rings is 1. The van der Waals surface area contributed by atoms with Gasteiger partial charge in [0.2, 0.25) is 5.91 Å². The van der Waals surface area contributed by atoms with E-state index in [1.165, 1.54) is 12.3 Å². The van der Waals surface area contributed by atoms with Crippen LogP contribution in [0.1, 0.15) is 19.8 Å². The molecule has 2 heterocycles. The monoisotopic (exact) mass is 289 g/mol. The molecule has 0 radical (unpaired) electrons. The number of piperazine rings is 1. The Balaban J connectivity index is 1.63. The van der Waals surface area contributed by atoms with E-state index >= 15 is 0 Å². The third-order valence-corrected chi connectivity index (χ3v) is 4.30. The van der Waals surface area contributed by atoms with E-state index in [4.69, 9.17) is 0 Å². The standard InChI is InChI=1S/C16H20FN3O/c1-12-11-19(16(21)13-4-2-3-5-13)8-9-20(12)15-7-6-14(17)10-18-15/h2-3,6-7,10,12-13H,4-5,8-9,11H2,1H3. The number of carbonyl (C=O) groups excluding carboxylic acids is 1. The smallest absolute Gasteiger partial charge is 0.226 e. The summed E-state index contributed by atoms with van der Waals surface area (Å²) in [6.07, 6.45) is 7.15. The Hall–Kier alpha value is -1.91. The molecule has 1 amide bonds. The second-order valence-electron chi connectivity index (χ2n) is 5.80. The fourth-order valence-electron chi connectivity index (χ4n) is 3.11. The first-order chi connectivity index (χ1) is 10.1. The van der Waals surface area contributed by atoms with Crippen molar-refractivity contribution >= 4 is 11.7 Å². The normalized spacial score (nSPS) is 22.9. The summed E-state index contributed by atoms with van der Waals surface area (Å²) >= 11 is 0. The van der Waals surface area contributed by atoms with Crippen molar-refractivity contribution in [1.29, 1.82) is 0 Å². The van der Waals surface area contributed by atoms with Crippen LogP contribution < -0.4 is 4.90 Å². The molecule has 1 fully saturated rings. The van der Waals surface area contributed by atoms with Crippen molar-refractivity contribution in [3.8, 4) is 0 Å². The largest absolute Gasteiger partial charge is 0.350 e. The van der Waals surface area contributed by atoms with Gasteiger partial charge < -0.3 is 9.80 Å². The zero-order valence-corrected chi connectivity index (χ0v) is 12.2. The van der Waals surface area contributed by atoms with Gasteiger partial charge in [0, 0.05) is 31.6 Å². The summed E-state index contributed by atoms with van der Waals surface area (Å²) in [5.41, 5.74) is 0. The van der Waals surface area contributed by atoms with Crippen LogP contribution in [0.2, 0.25) is 0 Å². The van der Waals surface area contributed by atoms with Gasteiger partial charge in [-0.15, -0.1) is 0 Å². The highest BCUT2D eigenvalue weighted by molar-refractivity contribution is 5.80. The van der Waals surface area contributed by atoms with E-state index in [1.807, 2.05) is 4.90 Å². The molecule has 0 N–H and O–H groups in total. The summed E-state index contributed by atoms with van der Waals surface area (Å²) in [5, 5.41) is 0. The molecule has 1 unspecified atom stereocenters. The fourth-order valence-corrected chi connectivity index (χ4v) is 3.11. The molecular weight excluding hydrogens is 269 g/mol. The van der Waals surface area contributed by atoms with E-state index in [0.29, 0.717) is 13.1 Å². The lowest BCUT2D eigenvalue weighted by Gasteiger charge is -2.41. The molecule has 2 aliphatic rings. The van der Waals surface area contributed by atoms with Gasteiger partial charge in [-0.2, -0.15) is 0 Å². The molecule has 1 atom stereocenters. The fraction of sp³-hybridized carbons (Fsp3) is 0.500. The van der Waals surface area contributed by atoms with E-state index in [9.17, 15) is 9.18 Å². The molecule has 0 spiro atoms. The third kappa shape index (κ3) is 2.91. The predicted molar refractivity (Wildman–Crippen MR) is 79.4 cm³/mol. The minimum atomic E-state index is -0.325. The number of halogens is 1. The van der Waals surface area contributed by atoms with Gasteiger partial charge in [-0.05, 0) is 31.9 Å². The molecule has 1 aliphatic carbocycles. The number of carbonyl (C=O) groups is 1. The van der Waals surface area contributed by atoms with E-state index in [1.54, 1.807) is 6.07 Å². The highest BCUT2D eigenvalue weighted by Gasteiger charge is 2.31. The highest BCUT2D eigenvalue weighted by Crippen LogP contribution is 2.24. The lowest BCUT2D eigenvalue weighted by atomic mass is 10.0. The van der Waals surface area contributed by atoms with Crippen LogP contribution in [0.25, 0.3) is 0 Å². The van der Waals surface area contributed by atoms with Crippen LogP contribution in [-0.4, -0.2) is 41.5 Å². The third-order valence-electron chi connectivity index (χ3n) is 4.30. The maximum atomic E-state index is 13.0. The minimum absolute atomic E-state index is 0.132. The number of amides is 1. The summed E-state index contributed by atoms with van der Waals surface area (Å²) < 4.78 is 13.0. The van der Waals surface area contributed by atoms with Gasteiger partial charge in [-0.25, -0.2) is 9.37 Å². The van der Waals surface area contributed by atoms with Crippen molar-refractivity contribution in [2.45, 2.75) is 25.8 Å². The van der Waals surface area contributed by atoms with E-state index < -0.39 is 0 Å². The maximum absolute atomic E-state index is 13.0. The molecule has 1 aromatic rings. The van der Waals surface area contributed by atoms with E-state index in [-0.39, 0.29) is 23.7 Å². The Morgan fingerprint density at radius 3 is 2.67 bits per heavy atom. The van der Waals surface area contributed by atoms with Crippen molar-refractivity contribution in [2.75, 3.05) is 24.5 Å². The molecule has 1 aliphatic heterocycles. The minimum Gasteiger partial charge on any atom is -0.350 e. The molecule has 0 bridgehead atoms. The van der Waals surface area contributed by atoms with Crippen LogP contribution in [-0.2, 0) is 4.79 Å². The zero-order chi connectivity index (χ0) is 14.8. The molecule has 112 valence electrons. The van der Waals surface area contributed by atoms with Crippen LogP contribution >= 0.6 is 0 Å². The summed E-state index contributed by atoms with van der Waals surface area (Å²) in [5.74, 6) is 0.846. The number of anilines is 1. The number of hydrogen-bond donors (Lipinski definition) is 0. The zero-order valence-electron chi connectivity index (χ0n) is 12.2. The van der Waals surface area contributed by atoms with Crippen LogP contribution in [0.4, 0.5) is 10.2 Å². The summed E-state index contributed by atoms with van der Waals surface area (Å²) in [6.45, 7) is 4.23. The molecule has 5 heteroatoms. The second-order valence-corrected chi connectivity index (χ2v) is 5.80. The Morgan fingerprint density at radius 1 is 1.29 bits per heavy atom. The molecule has 3 rings (SSSR count). The Labute approximate surface area is 124 Å². The molecule has 1 aromatic heterocycles. The molecule has 0 aromatic carbocycles. The predicted octanol–water partition coefficient (Wildman–Crippen LogP) is 2.22. The number of rotatable bonds is 2. The Morgan fingerprint density at radius 2 is 2.05 bits per heavy atom. The number of hydrogen-bond acceptors (Lipinski definition) is 3. The summed E-state index contributed by atoms with van der Waals surface area (Å²) in [6, 6.07) is 3.32. The van der Waals surface area contributed by atoms with Gasteiger partial charge in [0.1, 0.15) is 11.6 Å². The Bertz CT molecular complexity index is 535. The van der Waals surface area contributed by atoms with Crippen molar-refractivity contribution in [2.24, 2.45) is 5.92 Å². The average molecular weight is 289 g/mol. The van der Waals surface area contributed by atoms with Gasteiger partial charge >= 0.3 is 0 Å². The van der Waals surface area contributed by atoms with Crippen molar-refractivity contribution in [3.63, 3.8) is 0 Å². The first-order valence-corrected chi connectivity index (χ1v) is 7.47. The molecular formula is C16H20FN3O. The summed E-state index contributed by atoms with van der Waals surface area (Å²) in [7, 11) is 0. The van der Waals surface area contributed by atoms with Crippen molar-refractivity contribution in [3.05, 3.63) is 36.3 Å². The van der Waals surface area contributed by atoms with Gasteiger partial charge in [0.05, 0.1) is 6.20 Å². The van der Waals surface area contributed by atoms with Crippen LogP contribution in [0, 0.1) is 11.7 Å². The number of allylic oxidation sites excluding steroid dienone is 2. The van der Waals surface area contributed by atoms with Crippen molar-refractivity contribution in [1.82, 2.24) is 9.88 Å². The molecule has 1 saturated heterocycles. The maximum Gasteiger partial charge on any atom is 0.226 e. The van der Waals surface area contributed by atoms with E-state index in [0.717, 1.165) is 25.2 Å². The Kier molecular flexibility index (Phi) is 3.90. The van der Waals surface area contributed by atoms with Crippen LogP contribution in [0.3, 0.4) is 0 Å². The van der Waals surface area contributed by atoms with Crippen LogP contribution in [0.5, 0.6) is 0 Å². The number of aromatic nitrogens is 1. The molecule has 4 nitrogen and oxygen atoms in total. The second kappa shape index (κ2) is 5.84. The molecule has 21 heavy (non-hydrogen) atoms. The quantitative estimate of drug-likeness (QED) is 0.783. The lowest BCUT2D eigenvalue weighted by molar-refractivity contribution is -0.135. The van der Waals surface area contributed by atoms with E-state index in [2.05, 4.69) is 29.0 Å².